The second kappa shape index (κ2) is 10.6. The number of ether oxygens (including phenoxy) is 4. The fourth-order valence-corrected chi connectivity index (χ4v) is 1.47. The van der Waals surface area contributed by atoms with Crippen LogP contribution in [0.2, 0.25) is 0 Å². The Morgan fingerprint density at radius 1 is 1.00 bits per heavy atom. The number of halogens is 1. The van der Waals surface area contributed by atoms with Crippen molar-refractivity contribution in [1.29, 1.82) is 0 Å². The van der Waals surface area contributed by atoms with E-state index in [1.807, 2.05) is 0 Å². The molecule has 0 aliphatic heterocycles. The van der Waals surface area contributed by atoms with Gasteiger partial charge in [-0.05, 0) is 6.07 Å². The summed E-state index contributed by atoms with van der Waals surface area (Å²) >= 11 is 0. The number of methoxy groups -OCH3 is 1. The van der Waals surface area contributed by atoms with E-state index in [1.54, 1.807) is 19.2 Å². The third-order valence-electron chi connectivity index (χ3n) is 2.54. The van der Waals surface area contributed by atoms with Crippen LogP contribution in [0, 0.1) is 5.82 Å². The van der Waals surface area contributed by atoms with Gasteiger partial charge in [-0.2, -0.15) is 0 Å². The molecule has 0 saturated heterocycles. The van der Waals surface area contributed by atoms with Crippen LogP contribution in [0.5, 0.6) is 5.75 Å². The summed E-state index contributed by atoms with van der Waals surface area (Å²) < 4.78 is 34.1. The van der Waals surface area contributed by atoms with E-state index in [-0.39, 0.29) is 12.4 Å². The molecule has 1 aromatic rings. The maximum atomic E-state index is 13.4. The van der Waals surface area contributed by atoms with Crippen molar-refractivity contribution in [2.24, 2.45) is 5.73 Å². The third kappa shape index (κ3) is 6.81. The van der Waals surface area contributed by atoms with Gasteiger partial charge in [0.2, 0.25) is 0 Å². The maximum absolute atomic E-state index is 13.4. The number of nitrogens with two attached hydrogens (primary N) is 1. The summed E-state index contributed by atoms with van der Waals surface area (Å²) in [5.41, 5.74) is 5.85. The van der Waals surface area contributed by atoms with Crippen LogP contribution < -0.4 is 10.5 Å². The first-order chi connectivity index (χ1) is 9.77. The van der Waals surface area contributed by atoms with Crippen LogP contribution in [0.3, 0.4) is 0 Å². The van der Waals surface area contributed by atoms with Crippen molar-refractivity contribution in [2.45, 2.75) is 6.54 Å². The number of hydrogen-bond donors (Lipinski definition) is 1. The lowest BCUT2D eigenvalue weighted by atomic mass is 10.2. The van der Waals surface area contributed by atoms with E-state index in [2.05, 4.69) is 0 Å². The fraction of sp³-hybridized carbons (Fsp3) is 0.571. The highest BCUT2D eigenvalue weighted by Crippen LogP contribution is 2.16. The van der Waals surface area contributed by atoms with Crippen molar-refractivity contribution >= 4 is 0 Å². The van der Waals surface area contributed by atoms with Gasteiger partial charge < -0.3 is 24.7 Å². The van der Waals surface area contributed by atoms with Crippen LogP contribution in [0.4, 0.5) is 4.39 Å². The predicted octanol–water partition coefficient (Wildman–Crippen LogP) is 1.34. The molecule has 0 radical (unpaired) electrons. The number of hydrogen-bond acceptors (Lipinski definition) is 5. The van der Waals surface area contributed by atoms with Gasteiger partial charge in [-0.1, -0.05) is 6.07 Å². The smallest absolute Gasteiger partial charge is 0.131 e. The van der Waals surface area contributed by atoms with Crippen molar-refractivity contribution in [2.75, 3.05) is 46.8 Å². The first-order valence-electron chi connectivity index (χ1n) is 6.53. The van der Waals surface area contributed by atoms with Gasteiger partial charge in [-0.15, -0.1) is 0 Å². The van der Waals surface area contributed by atoms with Crippen molar-refractivity contribution in [3.8, 4) is 5.75 Å². The largest absolute Gasteiger partial charge is 0.491 e. The Bertz CT molecular complexity index is 376. The first-order valence-corrected chi connectivity index (χ1v) is 6.53. The van der Waals surface area contributed by atoms with Gasteiger partial charge in [0.05, 0.1) is 33.0 Å². The third-order valence-corrected chi connectivity index (χ3v) is 2.54. The van der Waals surface area contributed by atoms with Gasteiger partial charge in [0, 0.05) is 25.3 Å². The highest BCUT2D eigenvalue weighted by molar-refractivity contribution is 5.28. The highest BCUT2D eigenvalue weighted by Gasteiger charge is 2.02. The lowest BCUT2D eigenvalue weighted by Crippen LogP contribution is -2.12. The topological polar surface area (TPSA) is 62.9 Å². The van der Waals surface area contributed by atoms with Gasteiger partial charge in [0.1, 0.15) is 18.2 Å². The summed E-state index contributed by atoms with van der Waals surface area (Å²) in [5, 5.41) is 0. The molecule has 2 N–H and O–H groups in total. The number of rotatable bonds is 11. The van der Waals surface area contributed by atoms with Gasteiger partial charge in [-0.3, -0.25) is 0 Å². The molecule has 0 spiro atoms. The minimum Gasteiger partial charge on any atom is -0.491 e. The Morgan fingerprint density at radius 2 is 1.65 bits per heavy atom. The molecule has 0 saturated carbocycles. The molecule has 20 heavy (non-hydrogen) atoms. The van der Waals surface area contributed by atoms with E-state index in [0.717, 1.165) is 0 Å². The van der Waals surface area contributed by atoms with Crippen LogP contribution in [0.15, 0.2) is 18.2 Å². The van der Waals surface area contributed by atoms with Gasteiger partial charge in [-0.25, -0.2) is 4.39 Å². The molecular formula is C14H22FNO4. The van der Waals surface area contributed by atoms with E-state index in [1.165, 1.54) is 6.07 Å². The molecule has 0 fully saturated rings. The maximum Gasteiger partial charge on any atom is 0.131 e. The van der Waals surface area contributed by atoms with Crippen molar-refractivity contribution in [1.82, 2.24) is 0 Å². The molecule has 0 bridgehead atoms. The average molecular weight is 287 g/mol. The van der Waals surface area contributed by atoms with E-state index in [9.17, 15) is 4.39 Å². The summed E-state index contributed by atoms with van der Waals surface area (Å²) in [6, 6.07) is 4.64. The SMILES string of the molecule is COCCOCCOCCOc1ccc(CN)c(F)c1. The van der Waals surface area contributed by atoms with Gasteiger partial charge in [0.15, 0.2) is 0 Å². The molecule has 0 aromatic heterocycles. The van der Waals surface area contributed by atoms with Crippen LogP contribution >= 0.6 is 0 Å². The van der Waals surface area contributed by atoms with Crippen LogP contribution in [0.1, 0.15) is 5.56 Å². The average Bonchev–Trinajstić information content (AvgIpc) is 2.46. The van der Waals surface area contributed by atoms with Crippen molar-refractivity contribution < 1.29 is 23.3 Å². The monoisotopic (exact) mass is 287 g/mol. The van der Waals surface area contributed by atoms with Crippen LogP contribution in [0.25, 0.3) is 0 Å². The Morgan fingerprint density at radius 3 is 2.25 bits per heavy atom. The van der Waals surface area contributed by atoms with E-state index in [4.69, 9.17) is 24.7 Å². The molecule has 6 heteroatoms. The molecule has 0 aliphatic carbocycles. The quantitative estimate of drug-likeness (QED) is 0.622. The lowest BCUT2D eigenvalue weighted by Gasteiger charge is -2.08. The minimum absolute atomic E-state index is 0.179. The Kier molecular flexibility index (Phi) is 8.90. The molecule has 0 amide bonds. The minimum atomic E-state index is -0.350. The summed E-state index contributed by atoms with van der Waals surface area (Å²) in [7, 11) is 1.63. The van der Waals surface area contributed by atoms with Crippen molar-refractivity contribution in [3.63, 3.8) is 0 Å². The van der Waals surface area contributed by atoms with E-state index < -0.39 is 0 Å². The van der Waals surface area contributed by atoms with Crippen molar-refractivity contribution in [3.05, 3.63) is 29.6 Å². The summed E-state index contributed by atoms with van der Waals surface area (Å²) in [5.74, 6) is 0.122. The standard InChI is InChI=1S/C14H22FNO4/c1-17-4-5-18-6-7-19-8-9-20-13-3-2-12(11-16)14(15)10-13/h2-3,10H,4-9,11,16H2,1H3. The molecular weight excluding hydrogens is 265 g/mol. The molecule has 114 valence electrons. The van der Waals surface area contributed by atoms with E-state index in [0.29, 0.717) is 51.0 Å². The Hall–Kier alpha value is -1.21. The normalized spacial score (nSPS) is 10.8. The highest BCUT2D eigenvalue weighted by atomic mass is 19.1. The molecule has 0 heterocycles. The zero-order chi connectivity index (χ0) is 14.6. The Labute approximate surface area is 118 Å². The predicted molar refractivity (Wildman–Crippen MR) is 73.3 cm³/mol. The van der Waals surface area contributed by atoms with Crippen LogP contribution in [-0.2, 0) is 20.8 Å². The summed E-state index contributed by atoms with van der Waals surface area (Å²) in [6.45, 7) is 3.11. The Balaban J connectivity index is 2.05. The zero-order valence-electron chi connectivity index (χ0n) is 11.8. The van der Waals surface area contributed by atoms with Gasteiger partial charge >= 0.3 is 0 Å². The molecule has 0 aliphatic rings. The molecule has 0 unspecified atom stereocenters. The summed E-state index contributed by atoms with van der Waals surface area (Å²) in [6.07, 6.45) is 0. The summed E-state index contributed by atoms with van der Waals surface area (Å²) in [4.78, 5) is 0. The van der Waals surface area contributed by atoms with Gasteiger partial charge in [0.25, 0.3) is 0 Å². The zero-order valence-corrected chi connectivity index (χ0v) is 11.8. The lowest BCUT2D eigenvalue weighted by molar-refractivity contribution is 0.0179. The fourth-order valence-electron chi connectivity index (χ4n) is 1.47. The van der Waals surface area contributed by atoms with Crippen LogP contribution in [-0.4, -0.2) is 46.8 Å². The van der Waals surface area contributed by atoms with E-state index >= 15 is 0 Å². The molecule has 1 aromatic carbocycles. The number of benzene rings is 1. The second-order valence-corrected chi connectivity index (χ2v) is 4.02. The molecule has 1 rings (SSSR count). The molecule has 5 nitrogen and oxygen atoms in total. The second-order valence-electron chi connectivity index (χ2n) is 4.02. The molecule has 0 atom stereocenters. The first kappa shape index (κ1) is 16.8.